The zero-order valence-electron chi connectivity index (χ0n) is 11.5. The normalized spacial score (nSPS) is 11.6. The lowest BCUT2D eigenvalue weighted by molar-refractivity contribution is 0.466. The van der Waals surface area contributed by atoms with Crippen LogP contribution < -0.4 is 0 Å². The molecule has 0 radical (unpaired) electrons. The molecule has 2 rings (SSSR count). The van der Waals surface area contributed by atoms with E-state index in [-0.39, 0.29) is 6.54 Å². The predicted molar refractivity (Wildman–Crippen MR) is 86.6 cm³/mol. The van der Waals surface area contributed by atoms with Gasteiger partial charge in [0.2, 0.25) is 10.0 Å². The number of nitriles is 1. The fourth-order valence-electron chi connectivity index (χ4n) is 1.94. The summed E-state index contributed by atoms with van der Waals surface area (Å²) in [4.78, 5) is 1.07. The molecule has 0 saturated heterocycles. The van der Waals surface area contributed by atoms with Crippen LogP contribution in [0.15, 0.2) is 39.0 Å². The van der Waals surface area contributed by atoms with Gasteiger partial charge in [-0.3, -0.25) is 0 Å². The summed E-state index contributed by atoms with van der Waals surface area (Å²) in [5.41, 5.74) is 1.31. The fraction of sp³-hybridized carbons (Fsp3) is 0.214. The van der Waals surface area contributed by atoms with Crippen LogP contribution >= 0.6 is 27.3 Å². The lowest BCUT2D eigenvalue weighted by Gasteiger charge is -2.17. The van der Waals surface area contributed by atoms with Gasteiger partial charge in [-0.05, 0) is 46.6 Å². The Morgan fingerprint density at radius 2 is 2.10 bits per heavy atom. The van der Waals surface area contributed by atoms with Crippen molar-refractivity contribution in [1.29, 1.82) is 5.26 Å². The smallest absolute Gasteiger partial charge is 0.207 e. The van der Waals surface area contributed by atoms with Crippen LogP contribution in [0.5, 0.6) is 0 Å². The lowest BCUT2D eigenvalue weighted by atomic mass is 10.1. The molecule has 2 aromatic rings. The molecular weight excluding hydrogens is 372 g/mol. The van der Waals surface area contributed by atoms with E-state index in [4.69, 9.17) is 5.26 Å². The minimum Gasteiger partial charge on any atom is -0.207 e. The molecular formula is C14H13BrN2O2S2. The second-order valence-corrected chi connectivity index (χ2v) is 9.19. The first-order valence-electron chi connectivity index (χ1n) is 6.06. The molecule has 0 spiro atoms. The molecule has 0 aliphatic carbocycles. The Balaban J connectivity index is 2.29. The summed E-state index contributed by atoms with van der Waals surface area (Å²) in [5, 5.41) is 8.89. The van der Waals surface area contributed by atoms with Gasteiger partial charge in [-0.25, -0.2) is 8.42 Å². The maximum atomic E-state index is 12.6. The quantitative estimate of drug-likeness (QED) is 0.809. The summed E-state index contributed by atoms with van der Waals surface area (Å²) < 4.78 is 27.2. The number of rotatable bonds is 4. The number of nitrogens with zero attached hydrogens (tertiary/aromatic N) is 2. The van der Waals surface area contributed by atoms with E-state index in [0.717, 1.165) is 14.2 Å². The molecule has 21 heavy (non-hydrogen) atoms. The first-order valence-corrected chi connectivity index (χ1v) is 9.11. The molecule has 7 heteroatoms. The minimum atomic E-state index is -3.54. The van der Waals surface area contributed by atoms with Crippen LogP contribution in [0.2, 0.25) is 0 Å². The number of benzene rings is 1. The van der Waals surface area contributed by atoms with Crippen molar-refractivity contribution in [2.75, 3.05) is 7.05 Å². The highest BCUT2D eigenvalue weighted by atomic mass is 79.9. The molecule has 0 saturated carbocycles. The third-order valence-electron chi connectivity index (χ3n) is 2.99. The topological polar surface area (TPSA) is 61.2 Å². The molecule has 0 aliphatic rings. The van der Waals surface area contributed by atoms with Gasteiger partial charge in [-0.1, -0.05) is 12.1 Å². The van der Waals surface area contributed by atoms with E-state index in [1.807, 2.05) is 6.07 Å². The van der Waals surface area contributed by atoms with Crippen LogP contribution in [-0.4, -0.2) is 19.8 Å². The van der Waals surface area contributed by atoms with E-state index in [0.29, 0.717) is 10.5 Å². The standard InChI is InChI=1S/C14H13BrN2O2S2/c1-10-13(7-14(15)20-10)21(18,19)17(2)9-12-5-3-4-11(6-12)8-16/h3-7H,9H2,1-2H3. The van der Waals surface area contributed by atoms with Gasteiger partial charge in [-0.15, -0.1) is 11.3 Å². The van der Waals surface area contributed by atoms with Gasteiger partial charge < -0.3 is 0 Å². The van der Waals surface area contributed by atoms with Gasteiger partial charge in [0.15, 0.2) is 0 Å². The van der Waals surface area contributed by atoms with Gasteiger partial charge in [0, 0.05) is 18.5 Å². The Labute approximate surface area is 136 Å². The molecule has 0 bridgehead atoms. The predicted octanol–water partition coefficient (Wildman–Crippen LogP) is 3.51. The number of thiophene rings is 1. The molecule has 110 valence electrons. The molecule has 4 nitrogen and oxygen atoms in total. The largest absolute Gasteiger partial charge is 0.244 e. The molecule has 0 amide bonds. The first-order chi connectivity index (χ1) is 9.84. The third kappa shape index (κ3) is 3.52. The van der Waals surface area contributed by atoms with Crippen LogP contribution in [0.25, 0.3) is 0 Å². The Hall–Kier alpha value is -1.20. The second-order valence-electron chi connectivity index (χ2n) is 4.54. The Kier molecular flexibility index (Phi) is 4.84. The summed E-state index contributed by atoms with van der Waals surface area (Å²) in [5.74, 6) is 0. The molecule has 0 aliphatic heterocycles. The van der Waals surface area contributed by atoms with E-state index in [2.05, 4.69) is 22.0 Å². The number of hydrogen-bond donors (Lipinski definition) is 0. The molecule has 0 unspecified atom stereocenters. The number of halogens is 1. The summed E-state index contributed by atoms with van der Waals surface area (Å²) in [6, 6.07) is 10.6. The highest BCUT2D eigenvalue weighted by Gasteiger charge is 2.24. The molecule has 1 heterocycles. The minimum absolute atomic E-state index is 0.227. The molecule has 1 aromatic heterocycles. The summed E-state index contributed by atoms with van der Waals surface area (Å²) in [6.45, 7) is 2.01. The maximum absolute atomic E-state index is 12.6. The average Bonchev–Trinajstić information content (AvgIpc) is 2.78. The van der Waals surface area contributed by atoms with Crippen molar-refractivity contribution in [3.05, 3.63) is 50.1 Å². The molecule has 0 fully saturated rings. The first kappa shape index (κ1) is 16.2. The van der Waals surface area contributed by atoms with Gasteiger partial charge in [-0.2, -0.15) is 9.57 Å². The van der Waals surface area contributed by atoms with Gasteiger partial charge in [0.05, 0.1) is 20.3 Å². The highest BCUT2D eigenvalue weighted by Crippen LogP contribution is 2.31. The van der Waals surface area contributed by atoms with E-state index in [9.17, 15) is 8.42 Å². The number of sulfonamides is 1. The van der Waals surface area contributed by atoms with Crippen LogP contribution in [0, 0.1) is 18.3 Å². The third-order valence-corrected chi connectivity index (χ3v) is 6.60. The van der Waals surface area contributed by atoms with Crippen molar-refractivity contribution in [2.24, 2.45) is 0 Å². The van der Waals surface area contributed by atoms with Crippen molar-refractivity contribution in [1.82, 2.24) is 4.31 Å². The Morgan fingerprint density at radius 1 is 1.38 bits per heavy atom. The van der Waals surface area contributed by atoms with Crippen molar-refractivity contribution in [3.8, 4) is 6.07 Å². The second kappa shape index (κ2) is 6.28. The lowest BCUT2D eigenvalue weighted by Crippen LogP contribution is -2.26. The molecule has 0 N–H and O–H groups in total. The zero-order valence-corrected chi connectivity index (χ0v) is 14.7. The monoisotopic (exact) mass is 384 g/mol. The van der Waals surface area contributed by atoms with Crippen LogP contribution in [-0.2, 0) is 16.6 Å². The summed E-state index contributed by atoms with van der Waals surface area (Å²) in [6.07, 6.45) is 0. The van der Waals surface area contributed by atoms with Gasteiger partial charge >= 0.3 is 0 Å². The SMILES string of the molecule is Cc1sc(Br)cc1S(=O)(=O)N(C)Cc1cccc(C#N)c1. The molecule has 1 aromatic carbocycles. The van der Waals surface area contributed by atoms with Gasteiger partial charge in [0.1, 0.15) is 0 Å². The summed E-state index contributed by atoms with van der Waals surface area (Å²) in [7, 11) is -1.99. The van der Waals surface area contributed by atoms with E-state index in [1.165, 1.54) is 15.6 Å². The van der Waals surface area contributed by atoms with Crippen molar-refractivity contribution in [3.63, 3.8) is 0 Å². The van der Waals surface area contributed by atoms with Crippen molar-refractivity contribution >= 4 is 37.3 Å². The molecule has 0 atom stereocenters. The van der Waals surface area contributed by atoms with E-state index < -0.39 is 10.0 Å². The number of aryl methyl sites for hydroxylation is 1. The van der Waals surface area contributed by atoms with E-state index in [1.54, 1.807) is 38.2 Å². The summed E-state index contributed by atoms with van der Waals surface area (Å²) >= 11 is 4.70. The maximum Gasteiger partial charge on any atom is 0.244 e. The van der Waals surface area contributed by atoms with Crippen molar-refractivity contribution < 1.29 is 8.42 Å². The fourth-order valence-corrected chi connectivity index (χ4v) is 5.47. The zero-order chi connectivity index (χ0) is 15.6. The van der Waals surface area contributed by atoms with Crippen molar-refractivity contribution in [2.45, 2.75) is 18.4 Å². The van der Waals surface area contributed by atoms with Crippen LogP contribution in [0.4, 0.5) is 0 Å². The van der Waals surface area contributed by atoms with Crippen LogP contribution in [0.1, 0.15) is 16.0 Å². The average molecular weight is 385 g/mol. The van der Waals surface area contributed by atoms with Gasteiger partial charge in [0.25, 0.3) is 0 Å². The Morgan fingerprint density at radius 3 is 2.67 bits per heavy atom. The van der Waals surface area contributed by atoms with Crippen LogP contribution in [0.3, 0.4) is 0 Å². The Bertz CT molecular complexity index is 807. The number of hydrogen-bond acceptors (Lipinski definition) is 4. The van der Waals surface area contributed by atoms with E-state index >= 15 is 0 Å². The highest BCUT2D eigenvalue weighted by molar-refractivity contribution is 9.11.